The molecule has 59 heavy (non-hydrogen) atoms. The molecule has 0 radical (unpaired) electrons. The van der Waals surface area contributed by atoms with Crippen LogP contribution in [-0.2, 0) is 28.6 Å². The molecule has 1 atom stereocenters. The van der Waals surface area contributed by atoms with Crippen molar-refractivity contribution in [2.75, 3.05) is 13.2 Å². The molecule has 0 aliphatic rings. The first-order chi connectivity index (χ1) is 29.0. The molecule has 0 heterocycles. The summed E-state index contributed by atoms with van der Waals surface area (Å²) in [7, 11) is 0. The lowest BCUT2D eigenvalue weighted by atomic mass is 10.1. The number of rotatable bonds is 46. The molecule has 0 aromatic carbocycles. The van der Waals surface area contributed by atoms with Crippen molar-refractivity contribution in [3.05, 3.63) is 36.5 Å². The van der Waals surface area contributed by atoms with Crippen molar-refractivity contribution in [1.82, 2.24) is 0 Å². The van der Waals surface area contributed by atoms with Crippen LogP contribution in [-0.4, -0.2) is 37.2 Å². The molecule has 0 saturated heterocycles. The lowest BCUT2D eigenvalue weighted by Gasteiger charge is -2.18. The Labute approximate surface area is 365 Å². The second-order valence-electron chi connectivity index (χ2n) is 17.1. The highest BCUT2D eigenvalue weighted by molar-refractivity contribution is 5.71. The van der Waals surface area contributed by atoms with E-state index in [9.17, 15) is 14.4 Å². The molecule has 0 spiro atoms. The second-order valence-corrected chi connectivity index (χ2v) is 17.1. The highest BCUT2D eigenvalue weighted by Gasteiger charge is 2.19. The van der Waals surface area contributed by atoms with Crippen molar-refractivity contribution in [1.29, 1.82) is 0 Å². The molecular weight excluding hydrogens is 733 g/mol. The minimum Gasteiger partial charge on any atom is -0.462 e. The van der Waals surface area contributed by atoms with Crippen LogP contribution in [0.2, 0.25) is 0 Å². The van der Waals surface area contributed by atoms with E-state index in [4.69, 9.17) is 14.2 Å². The highest BCUT2D eigenvalue weighted by atomic mass is 16.6. The lowest BCUT2D eigenvalue weighted by molar-refractivity contribution is -0.167. The molecule has 0 bridgehead atoms. The van der Waals surface area contributed by atoms with Crippen molar-refractivity contribution in [2.24, 2.45) is 0 Å². The monoisotopic (exact) mass is 829 g/mol. The van der Waals surface area contributed by atoms with Crippen molar-refractivity contribution in [2.45, 2.75) is 271 Å². The molecule has 0 N–H and O–H groups in total. The van der Waals surface area contributed by atoms with Gasteiger partial charge in [-0.05, 0) is 96.3 Å². The van der Waals surface area contributed by atoms with Gasteiger partial charge in [0.1, 0.15) is 13.2 Å². The van der Waals surface area contributed by atoms with E-state index in [1.165, 1.54) is 141 Å². The predicted octanol–water partition coefficient (Wildman–Crippen LogP) is 16.5. The first kappa shape index (κ1) is 56.6. The molecule has 6 nitrogen and oxygen atoms in total. The Hall–Kier alpha value is -2.37. The SMILES string of the molecule is CCCCCC/C=C\CCCCCCCCCC(=O)OCC(COC(=O)CCCCC/C=C\CCCCCCCC)OC(=O)CCCCC/C=C\CCCCCCCC. The van der Waals surface area contributed by atoms with Gasteiger partial charge in [0.25, 0.3) is 0 Å². The van der Waals surface area contributed by atoms with Gasteiger partial charge in [-0.15, -0.1) is 0 Å². The van der Waals surface area contributed by atoms with Crippen LogP contribution in [0, 0.1) is 0 Å². The Bertz CT molecular complexity index is 1000. The van der Waals surface area contributed by atoms with Crippen LogP contribution in [0.25, 0.3) is 0 Å². The van der Waals surface area contributed by atoms with Crippen molar-refractivity contribution in [3.63, 3.8) is 0 Å². The molecule has 0 aliphatic heterocycles. The summed E-state index contributed by atoms with van der Waals surface area (Å²) in [5, 5.41) is 0. The van der Waals surface area contributed by atoms with E-state index in [0.29, 0.717) is 19.3 Å². The fourth-order valence-corrected chi connectivity index (χ4v) is 7.19. The van der Waals surface area contributed by atoms with Crippen molar-refractivity contribution in [3.8, 4) is 0 Å². The molecule has 0 aliphatic carbocycles. The van der Waals surface area contributed by atoms with E-state index in [-0.39, 0.29) is 31.1 Å². The smallest absolute Gasteiger partial charge is 0.306 e. The number of ether oxygens (including phenoxy) is 3. The minimum absolute atomic E-state index is 0.0838. The summed E-state index contributed by atoms with van der Waals surface area (Å²) in [6, 6.07) is 0. The van der Waals surface area contributed by atoms with E-state index in [2.05, 4.69) is 57.2 Å². The van der Waals surface area contributed by atoms with Gasteiger partial charge in [-0.2, -0.15) is 0 Å². The Kier molecular flexibility index (Phi) is 46.4. The maximum absolute atomic E-state index is 12.8. The maximum atomic E-state index is 12.8. The Morgan fingerprint density at radius 1 is 0.322 bits per heavy atom. The quantitative estimate of drug-likeness (QED) is 0.0263. The maximum Gasteiger partial charge on any atom is 0.306 e. The molecule has 0 rings (SSSR count). The van der Waals surface area contributed by atoms with Gasteiger partial charge in [0.15, 0.2) is 6.10 Å². The fraction of sp³-hybridized carbons (Fsp3) is 0.830. The topological polar surface area (TPSA) is 78.9 Å². The highest BCUT2D eigenvalue weighted by Crippen LogP contribution is 2.14. The van der Waals surface area contributed by atoms with E-state index >= 15 is 0 Å². The van der Waals surface area contributed by atoms with Crippen molar-refractivity contribution < 1.29 is 28.6 Å². The van der Waals surface area contributed by atoms with Crippen LogP contribution in [0.5, 0.6) is 0 Å². The Morgan fingerprint density at radius 2 is 0.559 bits per heavy atom. The molecular formula is C53H96O6. The van der Waals surface area contributed by atoms with Gasteiger partial charge in [-0.25, -0.2) is 0 Å². The molecule has 0 fully saturated rings. The van der Waals surface area contributed by atoms with E-state index in [1.807, 2.05) is 0 Å². The largest absolute Gasteiger partial charge is 0.462 e. The number of hydrogen-bond donors (Lipinski definition) is 0. The average molecular weight is 829 g/mol. The van der Waals surface area contributed by atoms with Gasteiger partial charge in [-0.1, -0.05) is 186 Å². The number of esters is 3. The standard InChI is InChI=1S/C53H96O6/c1-4-7-10-13-16-19-22-25-26-29-31-34-37-40-43-46-52(55)58-49-50(59-53(56)47-44-41-38-35-32-28-24-21-18-15-12-9-6-3)48-57-51(54)45-42-39-36-33-30-27-23-20-17-14-11-8-5-2/h19,22,27-28,30,32,50H,4-18,20-21,23-26,29,31,33-49H2,1-3H3/b22-19-,30-27-,32-28-. The first-order valence-corrected chi connectivity index (χ1v) is 25.5. The predicted molar refractivity (Wildman–Crippen MR) is 252 cm³/mol. The molecule has 6 heteroatoms. The van der Waals surface area contributed by atoms with E-state index in [1.54, 1.807) is 0 Å². The van der Waals surface area contributed by atoms with Crippen LogP contribution in [0.3, 0.4) is 0 Å². The van der Waals surface area contributed by atoms with Crippen LogP contribution in [0.4, 0.5) is 0 Å². The molecule has 344 valence electrons. The first-order valence-electron chi connectivity index (χ1n) is 25.5. The van der Waals surface area contributed by atoms with E-state index in [0.717, 1.165) is 83.5 Å². The number of hydrogen-bond acceptors (Lipinski definition) is 6. The number of allylic oxidation sites excluding steroid dienone is 6. The summed E-state index contributed by atoms with van der Waals surface area (Å²) in [4.78, 5) is 37.9. The summed E-state index contributed by atoms with van der Waals surface area (Å²) in [5.74, 6) is -0.914. The fourth-order valence-electron chi connectivity index (χ4n) is 7.19. The molecule has 0 saturated carbocycles. The van der Waals surface area contributed by atoms with Gasteiger partial charge in [0, 0.05) is 19.3 Å². The normalized spacial score (nSPS) is 12.3. The van der Waals surface area contributed by atoms with Gasteiger partial charge in [0.05, 0.1) is 0 Å². The second kappa shape index (κ2) is 48.3. The lowest BCUT2D eigenvalue weighted by Crippen LogP contribution is -2.30. The minimum atomic E-state index is -0.784. The summed E-state index contributed by atoms with van der Waals surface area (Å²) in [5.41, 5.74) is 0. The number of carbonyl (C=O) groups is 3. The number of carbonyl (C=O) groups excluding carboxylic acids is 3. The zero-order valence-corrected chi connectivity index (χ0v) is 39.3. The summed E-state index contributed by atoms with van der Waals surface area (Å²) in [6.07, 6.45) is 55.5. The summed E-state index contributed by atoms with van der Waals surface area (Å²) >= 11 is 0. The van der Waals surface area contributed by atoms with Gasteiger partial charge < -0.3 is 14.2 Å². The third kappa shape index (κ3) is 46.5. The Morgan fingerprint density at radius 3 is 0.881 bits per heavy atom. The van der Waals surface area contributed by atoms with Crippen LogP contribution in [0.15, 0.2) is 36.5 Å². The Balaban J connectivity index is 4.40. The third-order valence-electron chi connectivity index (χ3n) is 11.1. The summed E-state index contributed by atoms with van der Waals surface area (Å²) < 4.78 is 16.7. The van der Waals surface area contributed by atoms with Crippen LogP contribution >= 0.6 is 0 Å². The molecule has 0 aromatic rings. The molecule has 0 amide bonds. The molecule has 0 aromatic heterocycles. The van der Waals surface area contributed by atoms with Crippen LogP contribution in [0.1, 0.15) is 265 Å². The van der Waals surface area contributed by atoms with Gasteiger partial charge in [-0.3, -0.25) is 14.4 Å². The summed E-state index contributed by atoms with van der Waals surface area (Å²) in [6.45, 7) is 6.59. The van der Waals surface area contributed by atoms with Crippen LogP contribution < -0.4 is 0 Å². The van der Waals surface area contributed by atoms with Gasteiger partial charge >= 0.3 is 17.9 Å². The van der Waals surface area contributed by atoms with Gasteiger partial charge in [0.2, 0.25) is 0 Å². The zero-order valence-electron chi connectivity index (χ0n) is 39.3. The molecule has 1 unspecified atom stereocenters. The zero-order chi connectivity index (χ0) is 43.0. The van der Waals surface area contributed by atoms with E-state index < -0.39 is 6.10 Å². The number of unbranched alkanes of at least 4 members (excludes halogenated alkanes) is 29. The average Bonchev–Trinajstić information content (AvgIpc) is 3.23. The van der Waals surface area contributed by atoms with Crippen molar-refractivity contribution >= 4 is 17.9 Å². The third-order valence-corrected chi connectivity index (χ3v) is 11.1.